The van der Waals surface area contributed by atoms with Gasteiger partial charge in [0.25, 0.3) is 0 Å². The number of anilines is 1. The number of carbonyl (C=O) groups is 1. The quantitative estimate of drug-likeness (QED) is 0.877. The molecular weight excluding hydrogens is 322 g/mol. The van der Waals surface area contributed by atoms with Gasteiger partial charge >= 0.3 is 6.03 Å². The Labute approximate surface area is 145 Å². The molecule has 1 fully saturated rings. The number of hydrogen-bond acceptors (Lipinski definition) is 6. The number of aromatic nitrogens is 2. The van der Waals surface area contributed by atoms with E-state index in [0.717, 1.165) is 23.4 Å². The molecular formula is C17H21N5O3. The number of furan rings is 1. The van der Waals surface area contributed by atoms with Crippen LogP contribution in [0.5, 0.6) is 0 Å². The van der Waals surface area contributed by atoms with E-state index in [1.807, 2.05) is 23.2 Å². The standard InChI is InChI=1S/C17H21N5O3/c1-18-16(23)22-5-4-17(10-22)11-24-9-12-7-19-15(21-14(12)17)20-8-13-3-2-6-25-13/h2-3,6-7H,4-5,8-11H2,1H3,(H,18,23)(H,19,20,21)/t17-/m1/s1. The van der Waals surface area contributed by atoms with Crippen molar-refractivity contribution in [2.75, 3.05) is 32.1 Å². The maximum absolute atomic E-state index is 12.0. The number of ether oxygens (including phenoxy) is 1. The van der Waals surface area contributed by atoms with E-state index < -0.39 is 0 Å². The minimum Gasteiger partial charge on any atom is -0.467 e. The number of amides is 2. The van der Waals surface area contributed by atoms with Gasteiger partial charge in [-0.05, 0) is 18.6 Å². The minimum absolute atomic E-state index is 0.0609. The monoisotopic (exact) mass is 343 g/mol. The lowest BCUT2D eigenvalue weighted by atomic mass is 9.81. The second kappa shape index (κ2) is 6.36. The fourth-order valence-corrected chi connectivity index (χ4v) is 3.58. The molecule has 2 aliphatic heterocycles. The van der Waals surface area contributed by atoms with E-state index in [0.29, 0.717) is 38.8 Å². The Morgan fingerprint density at radius 1 is 1.48 bits per heavy atom. The van der Waals surface area contributed by atoms with Crippen LogP contribution >= 0.6 is 0 Å². The van der Waals surface area contributed by atoms with Gasteiger partial charge in [-0.15, -0.1) is 0 Å². The summed E-state index contributed by atoms with van der Waals surface area (Å²) in [5.74, 6) is 1.39. The van der Waals surface area contributed by atoms with Crippen LogP contribution in [-0.4, -0.2) is 47.6 Å². The molecule has 25 heavy (non-hydrogen) atoms. The summed E-state index contributed by atoms with van der Waals surface area (Å²) in [6, 6.07) is 3.69. The highest BCUT2D eigenvalue weighted by Crippen LogP contribution is 2.39. The number of nitrogens with zero attached hydrogens (tertiary/aromatic N) is 3. The van der Waals surface area contributed by atoms with Gasteiger partial charge in [-0.25, -0.2) is 14.8 Å². The third kappa shape index (κ3) is 2.93. The van der Waals surface area contributed by atoms with Gasteiger partial charge < -0.3 is 24.7 Å². The largest absolute Gasteiger partial charge is 0.467 e. The van der Waals surface area contributed by atoms with E-state index in [1.165, 1.54) is 0 Å². The van der Waals surface area contributed by atoms with Crippen LogP contribution in [0.25, 0.3) is 0 Å². The minimum atomic E-state index is -0.260. The summed E-state index contributed by atoms with van der Waals surface area (Å²) in [5, 5.41) is 5.89. The molecule has 0 bridgehead atoms. The smallest absolute Gasteiger partial charge is 0.317 e. The summed E-state index contributed by atoms with van der Waals surface area (Å²) in [7, 11) is 1.65. The van der Waals surface area contributed by atoms with Crippen LogP contribution in [0.15, 0.2) is 29.0 Å². The van der Waals surface area contributed by atoms with E-state index in [4.69, 9.17) is 14.1 Å². The first-order valence-electron chi connectivity index (χ1n) is 8.37. The maximum Gasteiger partial charge on any atom is 0.317 e. The molecule has 2 N–H and O–H groups in total. The number of hydrogen-bond donors (Lipinski definition) is 2. The molecule has 0 saturated carbocycles. The van der Waals surface area contributed by atoms with Crippen LogP contribution in [0, 0.1) is 0 Å². The van der Waals surface area contributed by atoms with Crippen LogP contribution in [0.4, 0.5) is 10.7 Å². The number of nitrogens with one attached hydrogen (secondary N) is 2. The fraction of sp³-hybridized carbons (Fsp3) is 0.471. The highest BCUT2D eigenvalue weighted by molar-refractivity contribution is 5.74. The Morgan fingerprint density at radius 3 is 3.20 bits per heavy atom. The number of rotatable bonds is 3. The molecule has 0 radical (unpaired) electrons. The lowest BCUT2D eigenvalue weighted by Crippen LogP contribution is -2.43. The molecule has 8 heteroatoms. The molecule has 1 saturated heterocycles. The van der Waals surface area contributed by atoms with Gasteiger partial charge in [-0.1, -0.05) is 0 Å². The molecule has 0 unspecified atom stereocenters. The van der Waals surface area contributed by atoms with E-state index in [-0.39, 0.29) is 11.4 Å². The Kier molecular flexibility index (Phi) is 4.04. The van der Waals surface area contributed by atoms with E-state index in [9.17, 15) is 4.79 Å². The first-order valence-corrected chi connectivity index (χ1v) is 8.37. The molecule has 1 atom stereocenters. The molecule has 2 amide bonds. The predicted octanol–water partition coefficient (Wildman–Crippen LogP) is 1.49. The molecule has 4 rings (SSSR count). The van der Waals surface area contributed by atoms with Gasteiger partial charge in [-0.3, -0.25) is 0 Å². The van der Waals surface area contributed by atoms with Crippen molar-refractivity contribution in [2.45, 2.75) is 25.0 Å². The second-order valence-corrected chi connectivity index (χ2v) is 6.50. The van der Waals surface area contributed by atoms with Gasteiger partial charge in [0.05, 0.1) is 37.1 Å². The molecule has 1 spiro atoms. The Morgan fingerprint density at radius 2 is 2.40 bits per heavy atom. The topological polar surface area (TPSA) is 92.5 Å². The molecule has 0 aromatic carbocycles. The van der Waals surface area contributed by atoms with E-state index >= 15 is 0 Å². The van der Waals surface area contributed by atoms with Gasteiger partial charge in [0.1, 0.15) is 5.76 Å². The van der Waals surface area contributed by atoms with Crippen molar-refractivity contribution >= 4 is 12.0 Å². The molecule has 2 aliphatic rings. The van der Waals surface area contributed by atoms with Crippen LogP contribution in [0.1, 0.15) is 23.4 Å². The van der Waals surface area contributed by atoms with Crippen molar-refractivity contribution in [1.29, 1.82) is 0 Å². The molecule has 132 valence electrons. The lowest BCUT2D eigenvalue weighted by molar-refractivity contribution is 0.0519. The van der Waals surface area contributed by atoms with Crippen molar-refractivity contribution in [1.82, 2.24) is 20.2 Å². The van der Waals surface area contributed by atoms with Gasteiger partial charge in [0.15, 0.2) is 0 Å². The van der Waals surface area contributed by atoms with Crippen LogP contribution < -0.4 is 10.6 Å². The summed E-state index contributed by atoms with van der Waals surface area (Å²) in [6.45, 7) is 2.91. The zero-order valence-corrected chi connectivity index (χ0v) is 14.1. The molecule has 4 heterocycles. The summed E-state index contributed by atoms with van der Waals surface area (Å²) < 4.78 is 11.1. The van der Waals surface area contributed by atoms with Crippen molar-refractivity contribution in [2.24, 2.45) is 0 Å². The first-order chi connectivity index (χ1) is 12.2. The Hall–Kier alpha value is -2.61. The molecule has 2 aromatic heterocycles. The summed E-state index contributed by atoms with van der Waals surface area (Å²) in [4.78, 5) is 22.9. The van der Waals surface area contributed by atoms with Crippen molar-refractivity contribution < 1.29 is 13.9 Å². The molecule has 2 aromatic rings. The normalized spacial score (nSPS) is 22.0. The fourth-order valence-electron chi connectivity index (χ4n) is 3.58. The van der Waals surface area contributed by atoms with Crippen LogP contribution in [0.2, 0.25) is 0 Å². The van der Waals surface area contributed by atoms with Crippen molar-refractivity contribution in [3.05, 3.63) is 41.6 Å². The van der Waals surface area contributed by atoms with Crippen LogP contribution in [0.3, 0.4) is 0 Å². The van der Waals surface area contributed by atoms with E-state index in [1.54, 1.807) is 13.3 Å². The predicted molar refractivity (Wildman–Crippen MR) is 90.0 cm³/mol. The Bertz CT molecular complexity index is 764. The zero-order chi connectivity index (χ0) is 17.3. The number of carbonyl (C=O) groups excluding carboxylic acids is 1. The highest BCUT2D eigenvalue weighted by Gasteiger charge is 2.46. The summed E-state index contributed by atoms with van der Waals surface area (Å²) in [5.41, 5.74) is 1.72. The summed E-state index contributed by atoms with van der Waals surface area (Å²) in [6.07, 6.45) is 4.29. The average molecular weight is 343 g/mol. The first kappa shape index (κ1) is 15.9. The van der Waals surface area contributed by atoms with Crippen molar-refractivity contribution in [3.8, 4) is 0 Å². The van der Waals surface area contributed by atoms with Gasteiger partial charge in [0, 0.05) is 31.9 Å². The lowest BCUT2D eigenvalue weighted by Gasteiger charge is -2.34. The highest BCUT2D eigenvalue weighted by atomic mass is 16.5. The third-order valence-corrected chi connectivity index (χ3v) is 4.86. The molecule has 8 nitrogen and oxygen atoms in total. The van der Waals surface area contributed by atoms with Gasteiger partial charge in [0.2, 0.25) is 5.95 Å². The maximum atomic E-state index is 12.0. The van der Waals surface area contributed by atoms with E-state index in [2.05, 4.69) is 15.6 Å². The molecule has 0 aliphatic carbocycles. The average Bonchev–Trinajstić information content (AvgIpc) is 3.30. The zero-order valence-electron chi connectivity index (χ0n) is 14.1. The Balaban J connectivity index is 1.57. The van der Waals surface area contributed by atoms with Crippen molar-refractivity contribution in [3.63, 3.8) is 0 Å². The number of urea groups is 1. The second-order valence-electron chi connectivity index (χ2n) is 6.50. The number of likely N-dealkylation sites (tertiary alicyclic amines) is 1. The third-order valence-electron chi connectivity index (χ3n) is 4.86. The van der Waals surface area contributed by atoms with Gasteiger partial charge in [-0.2, -0.15) is 0 Å². The SMILES string of the molecule is CNC(=O)N1CC[C@]2(COCc3cnc(NCc4ccco4)nc32)C1. The van der Waals surface area contributed by atoms with Crippen LogP contribution in [-0.2, 0) is 23.3 Å². The number of fused-ring (bicyclic) bond motifs is 2. The summed E-state index contributed by atoms with van der Waals surface area (Å²) >= 11 is 0.